The number of carbonyl (C=O) groups is 1. The van der Waals surface area contributed by atoms with E-state index in [0.29, 0.717) is 0 Å². The maximum absolute atomic E-state index is 10.3. The minimum Gasteiger partial charge on any atom is -0.476 e. The standard InChI is InChI=1S/C7H6N2O2/c10-7(11)6-5-8-3-1-2-4-9-6/h1-5H,(H,10,11)/b2-1-,3-1?,4-2?,6-5-,8-3-,8-5?,9-4-,9-6?. The second-order valence-electron chi connectivity index (χ2n) is 1.78. The van der Waals surface area contributed by atoms with Gasteiger partial charge in [0.15, 0.2) is 5.70 Å². The fraction of sp³-hybridized carbons (Fsp3) is 0. The largest absolute Gasteiger partial charge is 0.476 e. The molecule has 1 rings (SSSR count). The molecule has 0 saturated heterocycles. The number of carboxylic acids is 1. The average molecular weight is 150 g/mol. The molecule has 0 aromatic rings. The van der Waals surface area contributed by atoms with Crippen LogP contribution < -0.4 is 0 Å². The number of allylic oxidation sites excluding steroid dienone is 2. The molecule has 0 fully saturated rings. The van der Waals surface area contributed by atoms with Crippen molar-refractivity contribution in [1.29, 1.82) is 0 Å². The molecule has 0 atom stereocenters. The number of hydrogen-bond donors (Lipinski definition) is 1. The van der Waals surface area contributed by atoms with E-state index in [1.54, 1.807) is 12.2 Å². The molecule has 0 unspecified atom stereocenters. The van der Waals surface area contributed by atoms with E-state index in [2.05, 4.69) is 9.98 Å². The van der Waals surface area contributed by atoms with Crippen LogP contribution in [0.4, 0.5) is 0 Å². The van der Waals surface area contributed by atoms with Gasteiger partial charge in [-0.2, -0.15) is 0 Å². The Balaban J connectivity index is 2.87. The van der Waals surface area contributed by atoms with Gasteiger partial charge in [0, 0.05) is 12.4 Å². The van der Waals surface area contributed by atoms with E-state index in [1.165, 1.54) is 18.6 Å². The van der Waals surface area contributed by atoms with Gasteiger partial charge < -0.3 is 5.11 Å². The van der Waals surface area contributed by atoms with Crippen molar-refractivity contribution < 1.29 is 9.90 Å². The van der Waals surface area contributed by atoms with E-state index in [-0.39, 0.29) is 5.70 Å². The van der Waals surface area contributed by atoms with Gasteiger partial charge in [-0.15, -0.1) is 0 Å². The Bertz CT molecular complexity index is 274. The Morgan fingerprint density at radius 1 is 1.36 bits per heavy atom. The number of aliphatic carboxylic acids is 1. The van der Waals surface area contributed by atoms with Gasteiger partial charge in [0.1, 0.15) is 0 Å². The summed E-state index contributed by atoms with van der Waals surface area (Å²) in [5.74, 6) is -1.08. The molecule has 4 heteroatoms. The molecule has 0 bridgehead atoms. The number of nitrogens with zero attached hydrogens (tertiary/aromatic N) is 2. The summed E-state index contributed by atoms with van der Waals surface area (Å²) < 4.78 is 0. The number of rotatable bonds is 1. The monoisotopic (exact) mass is 150 g/mol. The van der Waals surface area contributed by atoms with E-state index >= 15 is 0 Å². The highest BCUT2D eigenvalue weighted by Crippen LogP contribution is 1.97. The van der Waals surface area contributed by atoms with Gasteiger partial charge in [0.25, 0.3) is 0 Å². The predicted molar refractivity (Wildman–Crippen MR) is 41.8 cm³/mol. The van der Waals surface area contributed by atoms with Crippen LogP contribution in [0.15, 0.2) is 34.0 Å². The van der Waals surface area contributed by atoms with Gasteiger partial charge in [-0.05, 0) is 12.2 Å². The van der Waals surface area contributed by atoms with Crippen LogP contribution in [-0.2, 0) is 4.79 Å². The fourth-order valence-electron chi connectivity index (χ4n) is 0.530. The van der Waals surface area contributed by atoms with Crippen LogP contribution in [-0.4, -0.2) is 23.5 Å². The third-order valence-corrected chi connectivity index (χ3v) is 0.999. The first kappa shape index (κ1) is 7.40. The molecule has 0 radical (unpaired) electrons. The lowest BCUT2D eigenvalue weighted by molar-refractivity contribution is -0.132. The predicted octanol–water partition coefficient (Wildman–Crippen LogP) is 0.624. The lowest BCUT2D eigenvalue weighted by atomic mass is 10.4. The molecule has 0 aromatic heterocycles. The molecule has 0 spiro atoms. The van der Waals surface area contributed by atoms with E-state index in [0.717, 1.165) is 0 Å². The summed E-state index contributed by atoms with van der Waals surface area (Å²) in [7, 11) is 0. The molecule has 1 N–H and O–H groups in total. The highest BCUT2D eigenvalue weighted by atomic mass is 16.4. The highest BCUT2D eigenvalue weighted by Gasteiger charge is 2.02. The fourth-order valence-corrected chi connectivity index (χ4v) is 0.530. The van der Waals surface area contributed by atoms with Crippen LogP contribution in [0.25, 0.3) is 0 Å². The normalized spacial score (nSPS) is 28.9. The first-order valence-corrected chi connectivity index (χ1v) is 2.96. The third kappa shape index (κ3) is 2.17. The quantitative estimate of drug-likeness (QED) is 0.595. The molecule has 0 amide bonds. The summed E-state index contributed by atoms with van der Waals surface area (Å²) in [5.41, 5.74) is -0.0643. The van der Waals surface area contributed by atoms with Crippen molar-refractivity contribution in [2.24, 2.45) is 9.98 Å². The van der Waals surface area contributed by atoms with Gasteiger partial charge in [0.05, 0.1) is 6.20 Å². The highest BCUT2D eigenvalue weighted by molar-refractivity contribution is 5.91. The Hall–Kier alpha value is -1.71. The zero-order valence-corrected chi connectivity index (χ0v) is 5.64. The zero-order valence-electron chi connectivity index (χ0n) is 5.64. The zero-order chi connectivity index (χ0) is 8.10. The molecule has 56 valence electrons. The van der Waals surface area contributed by atoms with E-state index in [9.17, 15) is 4.79 Å². The van der Waals surface area contributed by atoms with Crippen molar-refractivity contribution in [1.82, 2.24) is 0 Å². The number of carboxylic acid groups (broad SMARTS) is 1. The molecule has 11 heavy (non-hydrogen) atoms. The van der Waals surface area contributed by atoms with E-state index < -0.39 is 5.97 Å². The molecule has 0 saturated carbocycles. The van der Waals surface area contributed by atoms with Crippen molar-refractivity contribution in [3.05, 3.63) is 24.0 Å². The minimum atomic E-state index is -1.08. The molecule has 1 aliphatic rings. The SMILES string of the molecule is O=C(O)C1=C/N=C\C=C/C=N\1. The maximum atomic E-state index is 10.3. The van der Waals surface area contributed by atoms with Crippen LogP contribution in [0.3, 0.4) is 0 Å². The first-order chi connectivity index (χ1) is 5.30. The van der Waals surface area contributed by atoms with Crippen LogP contribution in [0.2, 0.25) is 0 Å². The number of aliphatic imine (C=N–C) groups is 2. The Morgan fingerprint density at radius 3 is 2.82 bits per heavy atom. The Kier molecular flexibility index (Phi) is 2.32. The van der Waals surface area contributed by atoms with Crippen molar-refractivity contribution in [3.8, 4) is 0 Å². The van der Waals surface area contributed by atoms with Crippen LogP contribution in [0, 0.1) is 0 Å². The van der Waals surface area contributed by atoms with Gasteiger partial charge in [0.2, 0.25) is 0 Å². The van der Waals surface area contributed by atoms with Crippen molar-refractivity contribution in [3.63, 3.8) is 0 Å². The van der Waals surface area contributed by atoms with Crippen LogP contribution in [0.1, 0.15) is 0 Å². The summed E-state index contributed by atoms with van der Waals surface area (Å²) in [6, 6.07) is 0. The summed E-state index contributed by atoms with van der Waals surface area (Å²) in [6.07, 6.45) is 7.37. The minimum absolute atomic E-state index is 0.0643. The smallest absolute Gasteiger partial charge is 0.356 e. The molecule has 1 heterocycles. The van der Waals surface area contributed by atoms with Crippen molar-refractivity contribution >= 4 is 18.4 Å². The molecule has 4 nitrogen and oxygen atoms in total. The third-order valence-electron chi connectivity index (χ3n) is 0.999. The molecule has 0 aliphatic carbocycles. The summed E-state index contributed by atoms with van der Waals surface area (Å²) in [5, 5.41) is 8.48. The lowest BCUT2D eigenvalue weighted by Crippen LogP contribution is -1.97. The summed E-state index contributed by atoms with van der Waals surface area (Å²) in [6.45, 7) is 0. The van der Waals surface area contributed by atoms with Gasteiger partial charge in [-0.3, -0.25) is 4.99 Å². The van der Waals surface area contributed by atoms with Gasteiger partial charge >= 0.3 is 5.97 Å². The van der Waals surface area contributed by atoms with E-state index in [4.69, 9.17) is 5.11 Å². The van der Waals surface area contributed by atoms with Gasteiger partial charge in [-0.25, -0.2) is 9.79 Å². The lowest BCUT2D eigenvalue weighted by Gasteiger charge is -1.91. The van der Waals surface area contributed by atoms with Crippen LogP contribution in [0.5, 0.6) is 0 Å². The number of hydrogen-bond acceptors (Lipinski definition) is 3. The molecular formula is C7H6N2O2. The van der Waals surface area contributed by atoms with Crippen LogP contribution >= 0.6 is 0 Å². The van der Waals surface area contributed by atoms with E-state index in [1.807, 2.05) is 0 Å². The Morgan fingerprint density at radius 2 is 2.09 bits per heavy atom. The second-order valence-corrected chi connectivity index (χ2v) is 1.78. The van der Waals surface area contributed by atoms with Crippen molar-refractivity contribution in [2.45, 2.75) is 0 Å². The molecule has 0 aromatic carbocycles. The molecular weight excluding hydrogens is 144 g/mol. The topological polar surface area (TPSA) is 62.0 Å². The molecule has 1 aliphatic heterocycles. The second kappa shape index (κ2) is 3.46. The maximum Gasteiger partial charge on any atom is 0.356 e. The first-order valence-electron chi connectivity index (χ1n) is 2.96. The Labute approximate surface area is 63.3 Å². The van der Waals surface area contributed by atoms with Gasteiger partial charge in [-0.1, -0.05) is 0 Å². The average Bonchev–Trinajstić information content (AvgIpc) is 1.84. The summed E-state index contributed by atoms with van der Waals surface area (Å²) >= 11 is 0. The summed E-state index contributed by atoms with van der Waals surface area (Å²) in [4.78, 5) is 17.6. The van der Waals surface area contributed by atoms with Crippen molar-refractivity contribution in [2.75, 3.05) is 0 Å².